The number of nitrogens with zero attached hydrogens (tertiary/aromatic N) is 2. The number of hydrogen-bond acceptors (Lipinski definition) is 4. The van der Waals surface area contributed by atoms with Gasteiger partial charge in [-0.25, -0.2) is 8.78 Å². The van der Waals surface area contributed by atoms with Crippen molar-refractivity contribution < 1.29 is 18.4 Å². The summed E-state index contributed by atoms with van der Waals surface area (Å²) in [6.07, 6.45) is 1.55. The molecular weight excluding hydrogens is 454 g/mol. The molecule has 2 N–H and O–H groups in total. The predicted octanol–water partition coefficient (Wildman–Crippen LogP) is 2.94. The lowest BCUT2D eigenvalue weighted by Crippen LogP contribution is -2.57. The summed E-state index contributed by atoms with van der Waals surface area (Å²) >= 11 is 0. The SMILES string of the molecule is CN[C@@H](C)C(=O)N[C@H](C(=O)N1CC(C)(C)c2cc(=O)n(Cc3ccc(F)cc3F)cc21)C(C)(C)C. The van der Waals surface area contributed by atoms with Crippen molar-refractivity contribution in [2.45, 2.75) is 65.6 Å². The molecule has 7 nitrogen and oxygen atoms in total. The monoisotopic (exact) mass is 488 g/mol. The van der Waals surface area contributed by atoms with E-state index in [1.54, 1.807) is 25.1 Å². The molecule has 3 rings (SSSR count). The first-order valence-electron chi connectivity index (χ1n) is 11.6. The summed E-state index contributed by atoms with van der Waals surface area (Å²) in [4.78, 5) is 40.9. The molecule has 0 unspecified atom stereocenters. The molecule has 9 heteroatoms. The van der Waals surface area contributed by atoms with E-state index in [1.807, 2.05) is 34.6 Å². The molecule has 35 heavy (non-hydrogen) atoms. The highest BCUT2D eigenvalue weighted by Gasteiger charge is 2.44. The smallest absolute Gasteiger partial charge is 0.251 e. The molecule has 190 valence electrons. The molecule has 2 heterocycles. The number of likely N-dealkylation sites (N-methyl/N-ethyl adjacent to an activating group) is 1. The maximum absolute atomic E-state index is 14.3. The van der Waals surface area contributed by atoms with Crippen molar-refractivity contribution in [2.75, 3.05) is 18.5 Å². The average Bonchev–Trinajstić information content (AvgIpc) is 3.02. The normalized spacial score (nSPS) is 16.5. The third kappa shape index (κ3) is 5.45. The van der Waals surface area contributed by atoms with Gasteiger partial charge >= 0.3 is 0 Å². The number of aromatic nitrogens is 1. The van der Waals surface area contributed by atoms with E-state index in [1.165, 1.54) is 16.7 Å². The van der Waals surface area contributed by atoms with Gasteiger partial charge in [0, 0.05) is 35.9 Å². The van der Waals surface area contributed by atoms with Gasteiger partial charge in [-0.15, -0.1) is 0 Å². The van der Waals surface area contributed by atoms with Gasteiger partial charge in [0.05, 0.1) is 18.3 Å². The molecule has 0 saturated heterocycles. The van der Waals surface area contributed by atoms with Crippen molar-refractivity contribution in [1.82, 2.24) is 15.2 Å². The van der Waals surface area contributed by atoms with E-state index >= 15 is 0 Å². The second kappa shape index (κ2) is 9.53. The highest BCUT2D eigenvalue weighted by atomic mass is 19.1. The molecule has 0 saturated carbocycles. The Bertz CT molecular complexity index is 1200. The maximum atomic E-state index is 14.3. The quantitative estimate of drug-likeness (QED) is 0.655. The van der Waals surface area contributed by atoms with Gasteiger partial charge in [0.1, 0.15) is 17.7 Å². The minimum Gasteiger partial charge on any atom is -0.342 e. The third-order valence-corrected chi connectivity index (χ3v) is 6.53. The van der Waals surface area contributed by atoms with E-state index in [4.69, 9.17) is 0 Å². The van der Waals surface area contributed by atoms with E-state index in [0.717, 1.165) is 12.1 Å². The minimum absolute atomic E-state index is 0.111. The van der Waals surface area contributed by atoms with Gasteiger partial charge in [-0.1, -0.05) is 40.7 Å². The summed E-state index contributed by atoms with van der Waals surface area (Å²) in [7, 11) is 1.67. The summed E-state index contributed by atoms with van der Waals surface area (Å²) in [5.41, 5.74) is -0.0437. The zero-order valence-corrected chi connectivity index (χ0v) is 21.3. The van der Waals surface area contributed by atoms with E-state index in [9.17, 15) is 23.2 Å². The molecule has 1 aliphatic rings. The Kier molecular flexibility index (Phi) is 7.22. The van der Waals surface area contributed by atoms with Crippen LogP contribution < -0.4 is 21.1 Å². The first kappa shape index (κ1) is 26.5. The van der Waals surface area contributed by atoms with Crippen LogP contribution in [0.5, 0.6) is 0 Å². The molecule has 1 aliphatic heterocycles. The van der Waals surface area contributed by atoms with Gasteiger partial charge in [0.25, 0.3) is 5.56 Å². The van der Waals surface area contributed by atoms with Gasteiger partial charge in [-0.2, -0.15) is 0 Å². The molecule has 2 amide bonds. The fraction of sp³-hybridized carbons (Fsp3) is 0.500. The predicted molar refractivity (Wildman–Crippen MR) is 131 cm³/mol. The Balaban J connectivity index is 2.02. The van der Waals surface area contributed by atoms with Gasteiger partial charge < -0.3 is 20.1 Å². The summed E-state index contributed by atoms with van der Waals surface area (Å²) in [6.45, 7) is 11.4. The van der Waals surface area contributed by atoms with Crippen LogP contribution in [0.15, 0.2) is 35.3 Å². The zero-order chi connectivity index (χ0) is 26.3. The lowest BCUT2D eigenvalue weighted by molar-refractivity contribution is -0.130. The lowest BCUT2D eigenvalue weighted by atomic mass is 9.85. The fourth-order valence-corrected chi connectivity index (χ4v) is 4.24. The number of fused-ring (bicyclic) bond motifs is 1. The number of benzene rings is 1. The highest BCUT2D eigenvalue weighted by Crippen LogP contribution is 2.40. The number of halogens is 2. The Morgan fingerprint density at radius 1 is 1.17 bits per heavy atom. The highest BCUT2D eigenvalue weighted by molar-refractivity contribution is 6.02. The molecule has 2 aromatic rings. The van der Waals surface area contributed by atoms with Crippen LogP contribution in [0.3, 0.4) is 0 Å². The second-order valence-electron chi connectivity index (χ2n) is 10.9. The van der Waals surface area contributed by atoms with Crippen LogP contribution in [0.25, 0.3) is 0 Å². The van der Waals surface area contributed by atoms with E-state index in [2.05, 4.69) is 10.6 Å². The Hall–Kier alpha value is -3.07. The molecule has 0 spiro atoms. The largest absolute Gasteiger partial charge is 0.342 e. The van der Waals surface area contributed by atoms with Gasteiger partial charge in [-0.05, 0) is 31.0 Å². The first-order chi connectivity index (χ1) is 16.2. The number of amides is 2. The number of nitrogens with one attached hydrogen (secondary N) is 2. The molecule has 0 radical (unpaired) electrons. The Morgan fingerprint density at radius 2 is 1.83 bits per heavy atom. The standard InChI is InChI=1S/C26H34F2N4O3/c1-15(29-7)23(34)30-22(25(2,3)4)24(35)32-14-26(5,6)18-11-21(33)31(13-20(18)32)12-16-8-9-17(27)10-19(16)28/h8-11,13,15,22,29H,12,14H2,1-7H3,(H,30,34)/t15-,22+/m0/s1. The number of anilines is 1. The van der Waals surface area contributed by atoms with Crippen LogP contribution in [0.2, 0.25) is 0 Å². The van der Waals surface area contributed by atoms with Crippen LogP contribution in [-0.2, 0) is 21.5 Å². The van der Waals surface area contributed by atoms with Crippen molar-refractivity contribution in [1.29, 1.82) is 0 Å². The second-order valence-corrected chi connectivity index (χ2v) is 10.9. The molecule has 0 fully saturated rings. The lowest BCUT2D eigenvalue weighted by Gasteiger charge is -2.34. The van der Waals surface area contributed by atoms with Crippen molar-refractivity contribution in [3.63, 3.8) is 0 Å². The molecule has 1 aromatic carbocycles. The van der Waals surface area contributed by atoms with E-state index in [0.29, 0.717) is 17.8 Å². The van der Waals surface area contributed by atoms with Crippen LogP contribution in [-0.4, -0.2) is 42.1 Å². The van der Waals surface area contributed by atoms with Crippen LogP contribution >= 0.6 is 0 Å². The summed E-state index contributed by atoms with van der Waals surface area (Å²) in [6, 6.07) is 3.38. The summed E-state index contributed by atoms with van der Waals surface area (Å²) in [5.74, 6) is -2.04. The van der Waals surface area contributed by atoms with E-state index in [-0.39, 0.29) is 29.5 Å². The van der Waals surface area contributed by atoms with Crippen molar-refractivity contribution in [3.8, 4) is 0 Å². The Labute approximate surface area is 204 Å². The van der Waals surface area contributed by atoms with Gasteiger partial charge in [0.15, 0.2) is 0 Å². The number of rotatable bonds is 6. The number of carbonyl (C=O) groups is 2. The summed E-state index contributed by atoms with van der Waals surface area (Å²) in [5, 5.41) is 5.75. The molecule has 2 atom stereocenters. The van der Waals surface area contributed by atoms with Crippen molar-refractivity contribution in [3.05, 3.63) is 63.6 Å². The number of carbonyl (C=O) groups excluding carboxylic acids is 2. The molecular formula is C26H34F2N4O3. The van der Waals surface area contributed by atoms with Crippen LogP contribution in [0.1, 0.15) is 52.7 Å². The van der Waals surface area contributed by atoms with Crippen molar-refractivity contribution >= 4 is 17.5 Å². The third-order valence-electron chi connectivity index (χ3n) is 6.53. The van der Waals surface area contributed by atoms with Crippen molar-refractivity contribution in [2.24, 2.45) is 5.41 Å². The zero-order valence-electron chi connectivity index (χ0n) is 21.3. The van der Waals surface area contributed by atoms with Crippen LogP contribution in [0.4, 0.5) is 14.5 Å². The molecule has 1 aromatic heterocycles. The number of hydrogen-bond donors (Lipinski definition) is 2. The van der Waals surface area contributed by atoms with Gasteiger partial charge in [-0.3, -0.25) is 14.4 Å². The topological polar surface area (TPSA) is 83.4 Å². The fourth-order valence-electron chi connectivity index (χ4n) is 4.24. The number of pyridine rings is 1. The molecule has 0 aliphatic carbocycles. The van der Waals surface area contributed by atoms with Crippen LogP contribution in [0, 0.1) is 17.0 Å². The maximum Gasteiger partial charge on any atom is 0.251 e. The first-order valence-corrected chi connectivity index (χ1v) is 11.6. The molecule has 0 bridgehead atoms. The Morgan fingerprint density at radius 3 is 2.40 bits per heavy atom. The minimum atomic E-state index is -0.817. The van der Waals surface area contributed by atoms with Gasteiger partial charge in [0.2, 0.25) is 11.8 Å². The van der Waals surface area contributed by atoms with E-state index < -0.39 is 34.5 Å². The average molecular weight is 489 g/mol. The summed E-state index contributed by atoms with van der Waals surface area (Å²) < 4.78 is 28.9.